The molecule has 8 nitrogen and oxygen atoms in total. The zero-order valence-corrected chi connectivity index (χ0v) is 29.0. The van der Waals surface area contributed by atoms with Gasteiger partial charge in [0.15, 0.2) is 34.7 Å². The van der Waals surface area contributed by atoms with Crippen LogP contribution in [0.15, 0.2) is 85.2 Å². The van der Waals surface area contributed by atoms with Crippen molar-refractivity contribution in [1.82, 2.24) is 19.6 Å². The average Bonchev–Trinajstić information content (AvgIpc) is 3.72. The molecule has 0 bridgehead atoms. The molecule has 0 aliphatic heterocycles. The molecule has 2 aromatic heterocycles. The fraction of sp³-hybridized carbons (Fsp3) is 0.111. The topological polar surface area (TPSA) is 93.8 Å². The predicted octanol–water partition coefficient (Wildman–Crippen LogP) is 9.82. The molecule has 2 amide bonds. The maximum absolute atomic E-state index is 14.1. The van der Waals surface area contributed by atoms with Gasteiger partial charge >= 0.3 is 11.6 Å². The molecule has 6 rings (SSSR count). The van der Waals surface area contributed by atoms with Crippen molar-refractivity contribution in [3.8, 4) is 22.3 Å². The van der Waals surface area contributed by atoms with Crippen LogP contribution in [0.5, 0.6) is 0 Å². The molecular weight excluding hydrogens is 793 g/mol. The van der Waals surface area contributed by atoms with E-state index in [1.165, 1.54) is 62.6 Å². The van der Waals surface area contributed by atoms with Crippen LogP contribution < -0.4 is 10.6 Å². The number of halogens is 12. The largest absolute Gasteiger partial charge is 0.435 e. The second-order valence-corrected chi connectivity index (χ2v) is 12.1. The Hall–Kier alpha value is -6.24. The minimum Gasteiger partial charge on any atom is -0.321 e. The summed E-state index contributed by atoms with van der Waals surface area (Å²) in [6.45, 7) is 0. The molecule has 6 aromatic rings. The van der Waals surface area contributed by atoms with Gasteiger partial charge in [0, 0.05) is 72.3 Å². The van der Waals surface area contributed by atoms with Gasteiger partial charge in [-0.2, -0.15) is 32.1 Å². The Bertz CT molecular complexity index is 2290. The lowest BCUT2D eigenvalue weighted by Crippen LogP contribution is -2.18. The van der Waals surface area contributed by atoms with E-state index in [-0.39, 0.29) is 33.6 Å². The van der Waals surface area contributed by atoms with Crippen LogP contribution >= 0.6 is 11.6 Å². The van der Waals surface area contributed by atoms with Gasteiger partial charge in [-0.3, -0.25) is 19.0 Å². The van der Waals surface area contributed by atoms with E-state index >= 15 is 0 Å². The van der Waals surface area contributed by atoms with E-state index < -0.39 is 80.8 Å². The zero-order valence-electron chi connectivity index (χ0n) is 28.2. The number of carbonyl (C=O) groups excluding carboxylic acids is 2. The summed E-state index contributed by atoms with van der Waals surface area (Å²) >= 11 is 4.99. The van der Waals surface area contributed by atoms with E-state index in [2.05, 4.69) is 20.8 Å². The molecule has 0 atom stereocenters. The standard InChI is InChI=1S/C18H11ClF5N3O.C18H11F6N3O/c1-27-8-11(16(26-27)18(19,23)24)17(28)25-15-5-3-2-4-9(15)10-6-13(21)14(22)7-12(10)20;1-27-8-11(16(26-27)18(22,23)24)17(28)25-15-5-3-2-4-9(15)10-6-13(20)14(21)7-12(10)19/h2*2-8H,1H3,(H,25,28). The summed E-state index contributed by atoms with van der Waals surface area (Å²) in [5, 5.41) is 7.42. The molecule has 0 aliphatic rings. The van der Waals surface area contributed by atoms with Crippen molar-refractivity contribution in [3.05, 3.63) is 143 Å². The monoisotopic (exact) mass is 814 g/mol. The SMILES string of the molecule is Cn1cc(C(=O)Nc2ccccc2-c2cc(F)c(F)cc2F)c(C(F)(F)Cl)n1.Cn1cc(C(=O)Nc2ccccc2-c2cc(F)c(F)cc2F)c(C(F)(F)F)n1. The number of anilines is 2. The van der Waals surface area contributed by atoms with Crippen molar-refractivity contribution in [1.29, 1.82) is 0 Å². The lowest BCUT2D eigenvalue weighted by atomic mass is 10.0. The molecule has 0 radical (unpaired) electrons. The normalized spacial score (nSPS) is 11.5. The first kappa shape index (κ1) is 40.9. The fourth-order valence-electron chi connectivity index (χ4n) is 5.22. The number of nitrogens with one attached hydrogen (secondary N) is 2. The van der Waals surface area contributed by atoms with Crippen LogP contribution in [0.25, 0.3) is 22.3 Å². The minimum atomic E-state index is -4.86. The van der Waals surface area contributed by atoms with Crippen LogP contribution in [-0.2, 0) is 25.7 Å². The second kappa shape index (κ2) is 15.9. The molecule has 0 fully saturated rings. The summed E-state index contributed by atoms with van der Waals surface area (Å²) in [5.74, 6) is -9.65. The van der Waals surface area contributed by atoms with Gasteiger partial charge in [-0.1, -0.05) is 36.4 Å². The van der Waals surface area contributed by atoms with Gasteiger partial charge in [-0.15, -0.1) is 0 Å². The Labute approximate surface area is 313 Å². The minimum absolute atomic E-state index is 0.00917. The van der Waals surface area contributed by atoms with Gasteiger partial charge in [-0.05, 0) is 35.9 Å². The molecule has 2 N–H and O–H groups in total. The van der Waals surface area contributed by atoms with Gasteiger partial charge in [0.05, 0.1) is 11.1 Å². The molecule has 0 spiro atoms. The molecule has 0 unspecified atom stereocenters. The lowest BCUT2D eigenvalue weighted by Gasteiger charge is -2.13. The highest BCUT2D eigenvalue weighted by Gasteiger charge is 2.39. The quantitative estimate of drug-likeness (QED) is 0.0954. The third kappa shape index (κ3) is 8.99. The van der Waals surface area contributed by atoms with Crippen molar-refractivity contribution >= 4 is 34.8 Å². The van der Waals surface area contributed by atoms with Gasteiger partial charge in [0.1, 0.15) is 11.6 Å². The van der Waals surface area contributed by atoms with Crippen LogP contribution in [0.2, 0.25) is 0 Å². The first-order chi connectivity index (χ1) is 26.1. The van der Waals surface area contributed by atoms with E-state index in [0.29, 0.717) is 24.3 Å². The number of nitrogens with zero attached hydrogens (tertiary/aromatic N) is 4. The average molecular weight is 815 g/mol. The Balaban J connectivity index is 0.000000214. The Morgan fingerprint density at radius 2 is 0.911 bits per heavy atom. The molecule has 0 saturated carbocycles. The van der Waals surface area contributed by atoms with Gasteiger partial charge < -0.3 is 10.6 Å². The number of amides is 2. The van der Waals surface area contributed by atoms with Crippen LogP contribution in [0, 0.1) is 34.9 Å². The van der Waals surface area contributed by atoms with Crippen LogP contribution in [0.4, 0.5) is 59.7 Å². The van der Waals surface area contributed by atoms with E-state index in [0.717, 1.165) is 21.8 Å². The summed E-state index contributed by atoms with van der Waals surface area (Å²) < 4.78 is 150. The number of aromatic nitrogens is 4. The highest BCUT2D eigenvalue weighted by atomic mass is 35.5. The number of rotatable bonds is 7. The number of aryl methyl sites for hydroxylation is 2. The number of alkyl halides is 6. The van der Waals surface area contributed by atoms with Crippen molar-refractivity contribution in [2.75, 3.05) is 10.6 Å². The van der Waals surface area contributed by atoms with E-state index in [1.54, 1.807) is 0 Å². The molecule has 20 heteroatoms. The molecule has 0 aliphatic carbocycles. The first-order valence-corrected chi connectivity index (χ1v) is 15.9. The van der Waals surface area contributed by atoms with Crippen molar-refractivity contribution in [3.63, 3.8) is 0 Å². The number of hydrogen-bond acceptors (Lipinski definition) is 4. The number of para-hydroxylation sites is 2. The Kier molecular flexibility index (Phi) is 11.6. The van der Waals surface area contributed by atoms with Crippen LogP contribution in [-0.4, -0.2) is 31.4 Å². The summed E-state index contributed by atoms with van der Waals surface area (Å²) in [4.78, 5) is 24.9. The third-order valence-corrected chi connectivity index (χ3v) is 7.81. The lowest BCUT2D eigenvalue weighted by molar-refractivity contribution is -0.141. The smallest absolute Gasteiger partial charge is 0.321 e. The maximum Gasteiger partial charge on any atom is 0.435 e. The van der Waals surface area contributed by atoms with Gasteiger partial charge in [-0.25, -0.2) is 26.3 Å². The van der Waals surface area contributed by atoms with Crippen molar-refractivity contribution < 1.29 is 57.9 Å². The summed E-state index contributed by atoms with van der Waals surface area (Å²) in [5.41, 5.74) is -4.37. The number of carbonyl (C=O) groups is 2. The van der Waals surface area contributed by atoms with Crippen molar-refractivity contribution in [2.45, 2.75) is 11.6 Å². The molecule has 4 aromatic carbocycles. The van der Waals surface area contributed by atoms with E-state index in [4.69, 9.17) is 11.6 Å². The highest BCUT2D eigenvalue weighted by molar-refractivity contribution is 6.22. The third-order valence-electron chi connectivity index (χ3n) is 7.63. The van der Waals surface area contributed by atoms with E-state index in [9.17, 15) is 57.9 Å². The van der Waals surface area contributed by atoms with Crippen molar-refractivity contribution in [2.24, 2.45) is 14.1 Å². The molecule has 56 heavy (non-hydrogen) atoms. The van der Waals surface area contributed by atoms with Crippen LogP contribution in [0.1, 0.15) is 32.1 Å². The number of benzene rings is 4. The molecule has 292 valence electrons. The molecular formula is C36H22ClF11N6O2. The summed E-state index contributed by atoms with van der Waals surface area (Å²) in [6, 6.07) is 13.1. The maximum atomic E-state index is 14.1. The molecule has 2 heterocycles. The number of hydrogen-bond donors (Lipinski definition) is 2. The zero-order chi connectivity index (χ0) is 41.3. The van der Waals surface area contributed by atoms with Crippen LogP contribution in [0.3, 0.4) is 0 Å². The first-order valence-electron chi connectivity index (χ1n) is 15.5. The van der Waals surface area contributed by atoms with Gasteiger partial charge in [0.2, 0.25) is 0 Å². The summed E-state index contributed by atoms with van der Waals surface area (Å²) in [6.07, 6.45) is -2.93. The second-order valence-electron chi connectivity index (χ2n) is 11.6. The van der Waals surface area contributed by atoms with E-state index in [1.807, 2.05) is 0 Å². The Morgan fingerprint density at radius 3 is 1.30 bits per heavy atom. The molecule has 0 saturated heterocycles. The summed E-state index contributed by atoms with van der Waals surface area (Å²) in [7, 11) is 2.55. The predicted molar refractivity (Wildman–Crippen MR) is 181 cm³/mol. The highest BCUT2D eigenvalue weighted by Crippen LogP contribution is 2.36. The Morgan fingerprint density at radius 1 is 0.554 bits per heavy atom. The van der Waals surface area contributed by atoms with Gasteiger partial charge in [0.25, 0.3) is 11.8 Å². The fourth-order valence-corrected chi connectivity index (χ4v) is 5.36.